The van der Waals surface area contributed by atoms with Crippen LogP contribution < -0.4 is 0 Å². The lowest BCUT2D eigenvalue weighted by molar-refractivity contribution is 1.02. The predicted molar refractivity (Wildman–Crippen MR) is 41.9 cm³/mol. The Bertz CT molecular complexity index is 42.8. The molecule has 0 aliphatic carbocycles. The summed E-state index contributed by atoms with van der Waals surface area (Å²) in [6.45, 7) is 2.19. The summed E-state index contributed by atoms with van der Waals surface area (Å²) in [6.07, 6.45) is 2.56. The van der Waals surface area contributed by atoms with Gasteiger partial charge in [-0.25, -0.2) is 0 Å². The summed E-state index contributed by atoms with van der Waals surface area (Å²) in [5, 5.41) is 0. The molecule has 0 N–H and O–H groups in total. The largest absolute Gasteiger partial charge is 0.0651 e. The third-order valence-corrected chi connectivity index (χ3v) is 2.06. The van der Waals surface area contributed by atoms with Crippen LogP contribution in [0.2, 0.25) is 0 Å². The minimum Gasteiger partial charge on any atom is -0.0651 e. The fourth-order valence-electron chi connectivity index (χ4n) is 0.178. The van der Waals surface area contributed by atoms with E-state index in [2.05, 4.69) is 34.8 Å². The SMILES string of the molecule is CCCC=PI. The monoisotopic (exact) mass is 214 g/mol. The highest BCUT2D eigenvalue weighted by molar-refractivity contribution is 14.2. The van der Waals surface area contributed by atoms with E-state index in [4.69, 9.17) is 0 Å². The smallest absolute Gasteiger partial charge is 0.0155 e. The number of halogens is 1. The van der Waals surface area contributed by atoms with Crippen molar-refractivity contribution in [2.45, 2.75) is 19.8 Å². The Morgan fingerprint density at radius 2 is 2.50 bits per heavy atom. The molecule has 0 bridgehead atoms. The molecular formula is C4H8IP. The number of rotatable bonds is 2. The van der Waals surface area contributed by atoms with Gasteiger partial charge in [-0.1, -0.05) is 19.1 Å². The summed E-state index contributed by atoms with van der Waals surface area (Å²) in [5.74, 6) is 3.65. The Kier molecular flexibility index (Phi) is 6.79. The number of hydrogen-bond donors (Lipinski definition) is 0. The summed E-state index contributed by atoms with van der Waals surface area (Å²) < 4.78 is 0. The second-order valence-electron chi connectivity index (χ2n) is 1.07. The second-order valence-corrected chi connectivity index (χ2v) is 3.30. The molecule has 36 valence electrons. The van der Waals surface area contributed by atoms with Gasteiger partial charge >= 0.3 is 0 Å². The van der Waals surface area contributed by atoms with Crippen LogP contribution in [-0.2, 0) is 0 Å². The number of hydrogen-bond acceptors (Lipinski definition) is 0. The first kappa shape index (κ1) is 6.90. The molecule has 0 saturated heterocycles. The van der Waals surface area contributed by atoms with Crippen LogP contribution in [0.25, 0.3) is 0 Å². The van der Waals surface area contributed by atoms with Crippen molar-refractivity contribution in [3.8, 4) is 0 Å². The minimum atomic E-state index is 1.27. The topological polar surface area (TPSA) is 0 Å². The van der Waals surface area contributed by atoms with Gasteiger partial charge < -0.3 is 0 Å². The van der Waals surface area contributed by atoms with Gasteiger partial charge in [0.15, 0.2) is 0 Å². The molecule has 0 aromatic heterocycles. The van der Waals surface area contributed by atoms with Gasteiger partial charge in [-0.15, -0.1) is 0 Å². The maximum atomic E-state index is 2.33. The molecule has 6 heavy (non-hydrogen) atoms. The zero-order chi connectivity index (χ0) is 4.83. The van der Waals surface area contributed by atoms with E-state index in [0.717, 1.165) is 0 Å². The van der Waals surface area contributed by atoms with E-state index in [0.29, 0.717) is 0 Å². The molecule has 0 radical (unpaired) electrons. The van der Waals surface area contributed by atoms with Gasteiger partial charge in [-0.3, -0.25) is 0 Å². The van der Waals surface area contributed by atoms with Crippen LogP contribution in [0.5, 0.6) is 0 Å². The fraction of sp³-hybridized carbons (Fsp3) is 0.750. The summed E-state index contributed by atoms with van der Waals surface area (Å²) in [5.41, 5.74) is 0. The van der Waals surface area contributed by atoms with Crippen molar-refractivity contribution in [3.05, 3.63) is 0 Å². The van der Waals surface area contributed by atoms with Gasteiger partial charge in [0.25, 0.3) is 0 Å². The molecule has 0 rings (SSSR count). The lowest BCUT2D eigenvalue weighted by atomic mass is 10.4. The van der Waals surface area contributed by atoms with E-state index < -0.39 is 0 Å². The first-order chi connectivity index (χ1) is 2.91. The maximum Gasteiger partial charge on any atom is -0.0155 e. The standard InChI is InChI=1S/C4H8IP/c1-2-3-4-6-5/h4H,2-3H2,1H3. The Labute approximate surface area is 53.6 Å². The van der Waals surface area contributed by atoms with Crippen molar-refractivity contribution < 1.29 is 0 Å². The van der Waals surface area contributed by atoms with Crippen LogP contribution in [0.1, 0.15) is 19.8 Å². The molecular weight excluding hydrogens is 206 g/mol. The second kappa shape index (κ2) is 5.90. The van der Waals surface area contributed by atoms with Crippen LogP contribution >= 0.6 is 27.9 Å². The first-order valence-electron chi connectivity index (χ1n) is 2.04. The Morgan fingerprint density at radius 1 is 1.83 bits per heavy atom. The van der Waals surface area contributed by atoms with Gasteiger partial charge in [-0.2, -0.15) is 0 Å². The van der Waals surface area contributed by atoms with E-state index in [1.54, 1.807) is 0 Å². The van der Waals surface area contributed by atoms with Gasteiger partial charge in [0.1, 0.15) is 0 Å². The third-order valence-electron chi connectivity index (χ3n) is 0.487. The lowest BCUT2D eigenvalue weighted by Gasteiger charge is -1.74. The van der Waals surface area contributed by atoms with E-state index in [1.807, 2.05) is 0 Å². The van der Waals surface area contributed by atoms with Crippen molar-refractivity contribution in [2.75, 3.05) is 0 Å². The molecule has 0 saturated carbocycles. The van der Waals surface area contributed by atoms with Crippen LogP contribution in [0, 0.1) is 0 Å². The van der Waals surface area contributed by atoms with Crippen LogP contribution in [0.15, 0.2) is 0 Å². The quantitative estimate of drug-likeness (QED) is 0.489. The summed E-state index contributed by atoms with van der Waals surface area (Å²) in [4.78, 5) is 0. The highest BCUT2D eigenvalue weighted by Gasteiger charge is 1.66. The van der Waals surface area contributed by atoms with E-state index in [9.17, 15) is 0 Å². The molecule has 0 aromatic rings. The minimum absolute atomic E-state index is 1.27. The molecule has 0 heterocycles. The van der Waals surface area contributed by atoms with Crippen molar-refractivity contribution in [2.24, 2.45) is 0 Å². The van der Waals surface area contributed by atoms with E-state index >= 15 is 0 Å². The summed E-state index contributed by atoms with van der Waals surface area (Å²) in [6, 6.07) is 0. The van der Waals surface area contributed by atoms with Crippen molar-refractivity contribution in [1.29, 1.82) is 0 Å². The van der Waals surface area contributed by atoms with E-state index in [1.165, 1.54) is 18.7 Å². The van der Waals surface area contributed by atoms with Gasteiger partial charge in [0.05, 0.1) is 0 Å². The number of unbranched alkanes of at least 4 members (excludes halogenated alkanes) is 1. The Balaban J connectivity index is 2.66. The lowest BCUT2D eigenvalue weighted by Crippen LogP contribution is -1.61. The molecule has 0 aromatic carbocycles. The van der Waals surface area contributed by atoms with Crippen molar-refractivity contribution >= 4 is 33.7 Å². The van der Waals surface area contributed by atoms with Crippen LogP contribution in [-0.4, -0.2) is 5.80 Å². The molecule has 0 aliphatic heterocycles. The highest BCUT2D eigenvalue weighted by Crippen LogP contribution is 2.06. The van der Waals surface area contributed by atoms with Crippen molar-refractivity contribution in [3.63, 3.8) is 0 Å². The highest BCUT2D eigenvalue weighted by atomic mass is 127. The molecule has 0 fully saturated rings. The average Bonchev–Trinajstić information content (AvgIpc) is 1.61. The summed E-state index contributed by atoms with van der Waals surface area (Å²) >= 11 is 2.33. The zero-order valence-corrected chi connectivity index (χ0v) is 6.87. The van der Waals surface area contributed by atoms with Crippen LogP contribution in [0.3, 0.4) is 0 Å². The summed E-state index contributed by atoms with van der Waals surface area (Å²) in [7, 11) is 0. The molecule has 0 aliphatic rings. The maximum absolute atomic E-state index is 2.33. The molecule has 0 spiro atoms. The zero-order valence-electron chi connectivity index (χ0n) is 3.82. The predicted octanol–water partition coefficient (Wildman–Crippen LogP) is 2.88. The average molecular weight is 214 g/mol. The normalized spacial score (nSPS) is 10.3. The molecule has 0 nitrogen and oxygen atoms in total. The molecule has 0 unspecified atom stereocenters. The molecule has 2 heteroatoms. The van der Waals surface area contributed by atoms with Crippen LogP contribution in [0.4, 0.5) is 0 Å². The fourth-order valence-corrected chi connectivity index (χ4v) is 1.37. The van der Waals surface area contributed by atoms with Gasteiger partial charge in [0.2, 0.25) is 0 Å². The first-order valence-corrected chi connectivity index (χ1v) is 5.79. The molecule has 0 atom stereocenters. The Morgan fingerprint density at radius 3 is 2.67 bits per heavy atom. The Hall–Kier alpha value is 0.900. The van der Waals surface area contributed by atoms with E-state index in [-0.39, 0.29) is 0 Å². The van der Waals surface area contributed by atoms with Crippen molar-refractivity contribution in [1.82, 2.24) is 0 Å². The van der Waals surface area contributed by atoms with Gasteiger partial charge in [0, 0.05) is 0 Å². The third kappa shape index (κ3) is 4.90. The molecule has 0 amide bonds. The van der Waals surface area contributed by atoms with Gasteiger partial charge in [-0.05, 0) is 34.3 Å².